The molecule has 2 rings (SSSR count). The third kappa shape index (κ3) is 5.60. The van der Waals surface area contributed by atoms with Crippen molar-refractivity contribution < 1.29 is 19.5 Å². The van der Waals surface area contributed by atoms with Gasteiger partial charge in [0.05, 0.1) is 6.04 Å². The Bertz CT molecular complexity index is 892. The maximum Gasteiger partial charge on any atom is 0.326 e. The molecule has 8 nitrogen and oxygen atoms in total. The molecule has 4 unspecified atom stereocenters. The molecule has 0 saturated carbocycles. The number of carboxylic acid groups (broad SMARTS) is 1. The first-order chi connectivity index (χ1) is 14.1. The summed E-state index contributed by atoms with van der Waals surface area (Å²) < 4.78 is 0. The first-order valence-electron chi connectivity index (χ1n) is 10.3. The topological polar surface area (TPSA) is 137 Å². The summed E-state index contributed by atoms with van der Waals surface area (Å²) in [6, 6.07) is 4.83. The summed E-state index contributed by atoms with van der Waals surface area (Å²) in [4.78, 5) is 40.2. The Balaban J connectivity index is 2.13. The number of carboxylic acids is 1. The largest absolute Gasteiger partial charge is 0.480 e. The third-order valence-electron chi connectivity index (χ3n) is 5.52. The van der Waals surface area contributed by atoms with Crippen molar-refractivity contribution in [1.29, 1.82) is 0 Å². The smallest absolute Gasteiger partial charge is 0.326 e. The predicted molar refractivity (Wildman–Crippen MR) is 116 cm³/mol. The maximum atomic E-state index is 12.9. The SMILES string of the molecule is CCC(C)C(N)C(=O)NC(C(=O)NC(Cc1c[nH]c2ccccc12)C(=O)O)C(C)C. The van der Waals surface area contributed by atoms with Crippen LogP contribution in [0, 0.1) is 11.8 Å². The first-order valence-corrected chi connectivity index (χ1v) is 10.3. The molecule has 2 amide bonds. The lowest BCUT2D eigenvalue weighted by molar-refractivity contribution is -0.142. The standard InChI is InChI=1S/C22H32N4O4/c1-5-13(4)18(23)20(27)26-19(12(2)3)21(28)25-17(22(29)30)10-14-11-24-16-9-7-6-8-15(14)16/h6-9,11-13,17-19,24H,5,10,23H2,1-4H3,(H,25,28)(H,26,27)(H,29,30). The molecule has 1 aromatic heterocycles. The van der Waals surface area contributed by atoms with Crippen LogP contribution >= 0.6 is 0 Å². The van der Waals surface area contributed by atoms with Gasteiger partial charge < -0.3 is 26.5 Å². The van der Waals surface area contributed by atoms with Crippen LogP contribution in [0.5, 0.6) is 0 Å². The zero-order valence-corrected chi connectivity index (χ0v) is 17.9. The van der Waals surface area contributed by atoms with Gasteiger partial charge in [-0.2, -0.15) is 0 Å². The van der Waals surface area contributed by atoms with Gasteiger partial charge in [-0.1, -0.05) is 52.3 Å². The molecule has 1 aromatic carbocycles. The van der Waals surface area contributed by atoms with E-state index in [9.17, 15) is 19.5 Å². The highest BCUT2D eigenvalue weighted by Crippen LogP contribution is 2.19. The van der Waals surface area contributed by atoms with E-state index in [-0.39, 0.29) is 18.3 Å². The number of aromatic nitrogens is 1. The van der Waals surface area contributed by atoms with Gasteiger partial charge in [-0.05, 0) is 23.5 Å². The number of para-hydroxylation sites is 1. The zero-order valence-electron chi connectivity index (χ0n) is 17.9. The lowest BCUT2D eigenvalue weighted by Gasteiger charge is -2.26. The number of H-pyrrole nitrogens is 1. The maximum absolute atomic E-state index is 12.9. The van der Waals surface area contributed by atoms with Gasteiger partial charge in [-0.15, -0.1) is 0 Å². The van der Waals surface area contributed by atoms with E-state index in [1.807, 2.05) is 38.1 Å². The highest BCUT2D eigenvalue weighted by molar-refractivity contribution is 5.92. The lowest BCUT2D eigenvalue weighted by Crippen LogP contribution is -2.57. The molecule has 0 spiro atoms. The fourth-order valence-corrected chi connectivity index (χ4v) is 3.28. The van der Waals surface area contributed by atoms with Crippen molar-refractivity contribution in [3.05, 3.63) is 36.0 Å². The number of hydrogen-bond acceptors (Lipinski definition) is 4. The number of hydrogen-bond donors (Lipinski definition) is 5. The van der Waals surface area contributed by atoms with Gasteiger partial charge in [-0.25, -0.2) is 4.79 Å². The van der Waals surface area contributed by atoms with Crippen LogP contribution in [0.15, 0.2) is 30.5 Å². The summed E-state index contributed by atoms with van der Waals surface area (Å²) in [5.74, 6) is -2.36. The molecule has 0 aliphatic carbocycles. The van der Waals surface area contributed by atoms with Gasteiger partial charge in [0.15, 0.2) is 0 Å². The molecular formula is C22H32N4O4. The van der Waals surface area contributed by atoms with Crippen LogP contribution < -0.4 is 16.4 Å². The Morgan fingerprint density at radius 2 is 1.77 bits per heavy atom. The number of carbonyl (C=O) groups excluding carboxylic acids is 2. The Kier molecular flexibility index (Phi) is 8.00. The number of nitrogens with one attached hydrogen (secondary N) is 3. The molecule has 0 aliphatic heterocycles. The van der Waals surface area contributed by atoms with Crippen LogP contribution in [-0.2, 0) is 20.8 Å². The van der Waals surface area contributed by atoms with Crippen molar-refractivity contribution in [3.63, 3.8) is 0 Å². The first kappa shape index (κ1) is 23.4. The van der Waals surface area contributed by atoms with E-state index >= 15 is 0 Å². The molecular weight excluding hydrogens is 384 g/mol. The van der Waals surface area contributed by atoms with E-state index in [2.05, 4.69) is 15.6 Å². The molecule has 0 bridgehead atoms. The number of rotatable bonds is 10. The van der Waals surface area contributed by atoms with E-state index in [1.54, 1.807) is 20.0 Å². The Labute approximate surface area is 176 Å². The summed E-state index contributed by atoms with van der Waals surface area (Å²) in [5, 5.41) is 15.8. The molecule has 4 atom stereocenters. The molecule has 0 fully saturated rings. The number of aliphatic carboxylic acids is 1. The van der Waals surface area contributed by atoms with E-state index in [4.69, 9.17) is 5.73 Å². The van der Waals surface area contributed by atoms with Gasteiger partial charge in [0.1, 0.15) is 12.1 Å². The van der Waals surface area contributed by atoms with Crippen molar-refractivity contribution in [2.45, 2.75) is 58.7 Å². The number of amides is 2. The minimum atomic E-state index is -1.14. The molecule has 6 N–H and O–H groups in total. The fraction of sp³-hybridized carbons (Fsp3) is 0.500. The molecule has 8 heteroatoms. The fourth-order valence-electron chi connectivity index (χ4n) is 3.28. The van der Waals surface area contributed by atoms with E-state index in [0.29, 0.717) is 0 Å². The molecule has 30 heavy (non-hydrogen) atoms. The van der Waals surface area contributed by atoms with Crippen molar-refractivity contribution in [1.82, 2.24) is 15.6 Å². The van der Waals surface area contributed by atoms with Gasteiger partial charge in [-0.3, -0.25) is 9.59 Å². The highest BCUT2D eigenvalue weighted by Gasteiger charge is 2.31. The minimum absolute atomic E-state index is 0.0329. The van der Waals surface area contributed by atoms with E-state index in [0.717, 1.165) is 22.9 Å². The second-order valence-corrected chi connectivity index (χ2v) is 8.10. The van der Waals surface area contributed by atoms with Crippen LogP contribution in [0.4, 0.5) is 0 Å². The second-order valence-electron chi connectivity index (χ2n) is 8.10. The summed E-state index contributed by atoms with van der Waals surface area (Å²) in [5.41, 5.74) is 7.66. The number of benzene rings is 1. The molecule has 0 saturated heterocycles. The number of carbonyl (C=O) groups is 3. The molecule has 1 heterocycles. The third-order valence-corrected chi connectivity index (χ3v) is 5.52. The highest BCUT2D eigenvalue weighted by atomic mass is 16.4. The Morgan fingerprint density at radius 3 is 2.37 bits per heavy atom. The van der Waals surface area contributed by atoms with Crippen LogP contribution in [0.2, 0.25) is 0 Å². The van der Waals surface area contributed by atoms with Gasteiger partial charge in [0, 0.05) is 23.5 Å². The Hall–Kier alpha value is -2.87. The predicted octanol–water partition coefficient (Wildman–Crippen LogP) is 1.79. The summed E-state index contributed by atoms with van der Waals surface area (Å²) in [6.07, 6.45) is 2.61. The number of nitrogens with two attached hydrogens (primary N) is 1. The van der Waals surface area contributed by atoms with Gasteiger partial charge >= 0.3 is 5.97 Å². The van der Waals surface area contributed by atoms with Crippen molar-refractivity contribution in [2.24, 2.45) is 17.6 Å². The van der Waals surface area contributed by atoms with Gasteiger partial charge in [0.25, 0.3) is 0 Å². The monoisotopic (exact) mass is 416 g/mol. The normalized spacial score (nSPS) is 15.4. The number of fused-ring (bicyclic) bond motifs is 1. The van der Waals surface area contributed by atoms with E-state index < -0.39 is 35.9 Å². The average molecular weight is 417 g/mol. The molecule has 0 radical (unpaired) electrons. The van der Waals surface area contributed by atoms with Crippen LogP contribution in [0.1, 0.15) is 39.7 Å². The molecule has 0 aliphatic rings. The van der Waals surface area contributed by atoms with Crippen LogP contribution in [0.3, 0.4) is 0 Å². The van der Waals surface area contributed by atoms with Gasteiger partial charge in [0.2, 0.25) is 11.8 Å². The van der Waals surface area contributed by atoms with Crippen LogP contribution in [-0.4, -0.2) is 46.0 Å². The lowest BCUT2D eigenvalue weighted by atomic mass is 9.97. The second kappa shape index (κ2) is 10.2. The zero-order chi connectivity index (χ0) is 22.4. The number of aromatic amines is 1. The summed E-state index contributed by atoms with van der Waals surface area (Å²) in [7, 11) is 0. The van der Waals surface area contributed by atoms with Crippen molar-refractivity contribution in [2.75, 3.05) is 0 Å². The average Bonchev–Trinajstić information content (AvgIpc) is 3.12. The summed E-state index contributed by atoms with van der Waals surface area (Å²) in [6.45, 7) is 7.38. The summed E-state index contributed by atoms with van der Waals surface area (Å²) >= 11 is 0. The minimum Gasteiger partial charge on any atom is -0.480 e. The quantitative estimate of drug-likeness (QED) is 0.402. The Morgan fingerprint density at radius 1 is 1.10 bits per heavy atom. The molecule has 2 aromatic rings. The molecule has 164 valence electrons. The van der Waals surface area contributed by atoms with Crippen molar-refractivity contribution in [3.8, 4) is 0 Å². The van der Waals surface area contributed by atoms with E-state index in [1.165, 1.54) is 0 Å². The van der Waals surface area contributed by atoms with Crippen molar-refractivity contribution >= 4 is 28.7 Å². The van der Waals surface area contributed by atoms with Crippen LogP contribution in [0.25, 0.3) is 10.9 Å².